The fourth-order valence-corrected chi connectivity index (χ4v) is 1.89. The highest BCUT2D eigenvalue weighted by Gasteiger charge is 2.07. The molecule has 2 N–H and O–H groups in total. The number of benzene rings is 2. The van der Waals surface area contributed by atoms with E-state index in [1.807, 2.05) is 0 Å². The van der Waals surface area contributed by atoms with E-state index in [-0.39, 0.29) is 18.4 Å². The molecule has 0 aromatic heterocycles. The summed E-state index contributed by atoms with van der Waals surface area (Å²) in [5.41, 5.74) is 1.00. The molecule has 6 heteroatoms. The predicted molar refractivity (Wildman–Crippen MR) is 85.4 cm³/mol. The second-order valence-electron chi connectivity index (χ2n) is 4.45. The van der Waals surface area contributed by atoms with Gasteiger partial charge in [0.15, 0.2) is 6.61 Å². The summed E-state index contributed by atoms with van der Waals surface area (Å²) in [6.45, 7) is -0.133. The van der Waals surface area contributed by atoms with Crippen LogP contribution in [-0.4, -0.2) is 25.5 Å². The molecule has 2 aromatic carbocycles. The van der Waals surface area contributed by atoms with E-state index in [4.69, 9.17) is 16.3 Å². The predicted octanol–water partition coefficient (Wildman–Crippen LogP) is 2.72. The molecule has 0 atom stereocenters. The summed E-state index contributed by atoms with van der Waals surface area (Å²) >= 11 is 5.77. The first-order chi connectivity index (χ1) is 10.6. The summed E-state index contributed by atoms with van der Waals surface area (Å²) in [6.07, 6.45) is 0. The Morgan fingerprint density at radius 2 is 1.86 bits per heavy atom. The Morgan fingerprint density at radius 1 is 1.14 bits per heavy atom. The fourth-order valence-electron chi connectivity index (χ4n) is 1.76. The molecule has 0 heterocycles. The van der Waals surface area contributed by atoms with E-state index in [1.54, 1.807) is 55.6 Å². The van der Waals surface area contributed by atoms with E-state index in [9.17, 15) is 9.59 Å². The molecule has 0 spiro atoms. The minimum atomic E-state index is -0.316. The Labute approximate surface area is 133 Å². The van der Waals surface area contributed by atoms with Gasteiger partial charge in [0.05, 0.1) is 0 Å². The van der Waals surface area contributed by atoms with Gasteiger partial charge in [-0.15, -0.1) is 0 Å². The molecule has 0 saturated heterocycles. The lowest BCUT2D eigenvalue weighted by molar-refractivity contribution is -0.118. The van der Waals surface area contributed by atoms with Gasteiger partial charge in [0.1, 0.15) is 5.75 Å². The standard InChI is InChI=1S/C16H15ClN2O3/c1-18-16(21)11-3-2-4-13(9-11)19-15(20)10-22-14-7-5-12(17)6-8-14/h2-9H,10H2,1H3,(H,18,21)(H,19,20). The summed E-state index contributed by atoms with van der Waals surface area (Å²) in [6, 6.07) is 13.4. The van der Waals surface area contributed by atoms with Gasteiger partial charge in [-0.25, -0.2) is 0 Å². The highest BCUT2D eigenvalue weighted by Crippen LogP contribution is 2.15. The van der Waals surface area contributed by atoms with Gasteiger partial charge in [-0.1, -0.05) is 17.7 Å². The third kappa shape index (κ3) is 4.49. The number of nitrogens with one attached hydrogen (secondary N) is 2. The van der Waals surface area contributed by atoms with E-state index in [2.05, 4.69) is 10.6 Å². The third-order valence-electron chi connectivity index (χ3n) is 2.82. The van der Waals surface area contributed by atoms with Crippen LogP contribution in [0, 0.1) is 0 Å². The molecule has 5 nitrogen and oxygen atoms in total. The Bertz CT molecular complexity index is 671. The van der Waals surface area contributed by atoms with Crippen LogP contribution in [0.4, 0.5) is 5.69 Å². The van der Waals surface area contributed by atoms with Gasteiger partial charge < -0.3 is 15.4 Å². The quantitative estimate of drug-likeness (QED) is 0.890. The Hall–Kier alpha value is -2.53. The van der Waals surface area contributed by atoms with Crippen molar-refractivity contribution < 1.29 is 14.3 Å². The average Bonchev–Trinajstić information content (AvgIpc) is 2.54. The molecule has 0 saturated carbocycles. The van der Waals surface area contributed by atoms with Crippen molar-refractivity contribution >= 4 is 29.1 Å². The first-order valence-corrected chi connectivity index (χ1v) is 6.96. The summed E-state index contributed by atoms with van der Waals surface area (Å²) in [5.74, 6) is 0.0242. The second kappa shape index (κ2) is 7.47. The highest BCUT2D eigenvalue weighted by atomic mass is 35.5. The second-order valence-corrected chi connectivity index (χ2v) is 4.89. The summed E-state index contributed by atoms with van der Waals surface area (Å²) in [7, 11) is 1.55. The van der Waals surface area contributed by atoms with E-state index in [0.29, 0.717) is 22.0 Å². The minimum Gasteiger partial charge on any atom is -0.484 e. The van der Waals surface area contributed by atoms with Crippen LogP contribution >= 0.6 is 11.6 Å². The van der Waals surface area contributed by atoms with Gasteiger partial charge in [-0.2, -0.15) is 0 Å². The number of hydrogen-bond acceptors (Lipinski definition) is 3. The number of halogens is 1. The summed E-state index contributed by atoms with van der Waals surface area (Å²) < 4.78 is 5.34. The topological polar surface area (TPSA) is 67.4 Å². The smallest absolute Gasteiger partial charge is 0.262 e. The van der Waals surface area contributed by atoms with Gasteiger partial charge in [-0.3, -0.25) is 9.59 Å². The van der Waals surface area contributed by atoms with Crippen molar-refractivity contribution in [2.45, 2.75) is 0 Å². The fraction of sp³-hybridized carbons (Fsp3) is 0.125. The lowest BCUT2D eigenvalue weighted by Gasteiger charge is -2.08. The van der Waals surface area contributed by atoms with Crippen molar-refractivity contribution in [2.75, 3.05) is 19.0 Å². The SMILES string of the molecule is CNC(=O)c1cccc(NC(=O)COc2ccc(Cl)cc2)c1. The molecule has 0 unspecified atom stereocenters. The molecular weight excluding hydrogens is 304 g/mol. The van der Waals surface area contributed by atoms with Gasteiger partial charge in [0.2, 0.25) is 0 Å². The van der Waals surface area contributed by atoms with Crippen molar-refractivity contribution in [1.82, 2.24) is 5.32 Å². The lowest BCUT2D eigenvalue weighted by Crippen LogP contribution is -2.21. The Kier molecular flexibility index (Phi) is 5.38. The van der Waals surface area contributed by atoms with Gasteiger partial charge in [-0.05, 0) is 42.5 Å². The molecular formula is C16H15ClN2O3. The first kappa shape index (κ1) is 15.9. The molecule has 22 heavy (non-hydrogen) atoms. The first-order valence-electron chi connectivity index (χ1n) is 6.59. The normalized spacial score (nSPS) is 9.91. The van der Waals surface area contributed by atoms with Crippen LogP contribution in [0.15, 0.2) is 48.5 Å². The number of carbonyl (C=O) groups is 2. The van der Waals surface area contributed by atoms with E-state index >= 15 is 0 Å². The third-order valence-corrected chi connectivity index (χ3v) is 3.07. The van der Waals surface area contributed by atoms with E-state index in [0.717, 1.165) is 0 Å². The zero-order valence-electron chi connectivity index (χ0n) is 11.9. The van der Waals surface area contributed by atoms with Crippen molar-refractivity contribution in [3.05, 3.63) is 59.1 Å². The van der Waals surface area contributed by atoms with E-state index in [1.165, 1.54) is 0 Å². The molecule has 0 fully saturated rings. The molecule has 0 aliphatic rings. The van der Waals surface area contributed by atoms with Crippen LogP contribution in [0.3, 0.4) is 0 Å². The number of amides is 2. The van der Waals surface area contributed by atoms with Crippen molar-refractivity contribution in [3.63, 3.8) is 0 Å². The van der Waals surface area contributed by atoms with Crippen LogP contribution in [-0.2, 0) is 4.79 Å². The maximum Gasteiger partial charge on any atom is 0.262 e. The number of rotatable bonds is 5. The number of ether oxygens (including phenoxy) is 1. The Morgan fingerprint density at radius 3 is 2.55 bits per heavy atom. The van der Waals surface area contributed by atoms with Crippen LogP contribution in [0.1, 0.15) is 10.4 Å². The molecule has 0 aliphatic carbocycles. The summed E-state index contributed by atoms with van der Waals surface area (Å²) in [4.78, 5) is 23.4. The van der Waals surface area contributed by atoms with Crippen molar-refractivity contribution in [1.29, 1.82) is 0 Å². The monoisotopic (exact) mass is 318 g/mol. The molecule has 0 aliphatic heterocycles. The van der Waals surface area contributed by atoms with Gasteiger partial charge >= 0.3 is 0 Å². The number of anilines is 1. The molecule has 114 valence electrons. The number of hydrogen-bond donors (Lipinski definition) is 2. The minimum absolute atomic E-state index is 0.133. The van der Waals surface area contributed by atoms with Crippen LogP contribution in [0.2, 0.25) is 5.02 Å². The van der Waals surface area contributed by atoms with Crippen molar-refractivity contribution in [2.24, 2.45) is 0 Å². The van der Waals surface area contributed by atoms with Gasteiger partial charge in [0.25, 0.3) is 11.8 Å². The summed E-state index contributed by atoms with van der Waals surface area (Å²) in [5, 5.41) is 5.80. The zero-order chi connectivity index (χ0) is 15.9. The molecule has 0 bridgehead atoms. The molecule has 0 radical (unpaired) electrons. The molecule has 2 amide bonds. The van der Waals surface area contributed by atoms with E-state index < -0.39 is 0 Å². The maximum absolute atomic E-state index is 11.8. The maximum atomic E-state index is 11.8. The zero-order valence-corrected chi connectivity index (χ0v) is 12.7. The highest BCUT2D eigenvalue weighted by molar-refractivity contribution is 6.30. The van der Waals surface area contributed by atoms with Crippen LogP contribution in [0.25, 0.3) is 0 Å². The van der Waals surface area contributed by atoms with Crippen LogP contribution < -0.4 is 15.4 Å². The van der Waals surface area contributed by atoms with Crippen LogP contribution in [0.5, 0.6) is 5.75 Å². The molecule has 2 aromatic rings. The lowest BCUT2D eigenvalue weighted by atomic mass is 10.2. The Balaban J connectivity index is 1.91. The number of carbonyl (C=O) groups excluding carboxylic acids is 2. The average molecular weight is 319 g/mol. The largest absolute Gasteiger partial charge is 0.484 e. The molecule has 2 rings (SSSR count). The van der Waals surface area contributed by atoms with Gasteiger partial charge in [0, 0.05) is 23.3 Å². The van der Waals surface area contributed by atoms with Crippen molar-refractivity contribution in [3.8, 4) is 5.75 Å².